The van der Waals surface area contributed by atoms with Gasteiger partial charge in [-0.2, -0.15) is 0 Å². The predicted octanol–water partition coefficient (Wildman–Crippen LogP) is -2.53. The largest absolute Gasteiger partial charge is 0.382 e. The first-order valence-corrected chi connectivity index (χ1v) is 16.5. The van der Waals surface area contributed by atoms with Crippen LogP contribution in [-0.4, -0.2) is 174 Å². The number of amides is 1. The van der Waals surface area contributed by atoms with Crippen molar-refractivity contribution in [2.75, 3.05) is 76.6 Å². The van der Waals surface area contributed by atoms with E-state index in [0.717, 1.165) is 0 Å². The molecule has 16 atom stereocenters. The highest BCUT2D eigenvalue weighted by Gasteiger charge is 2.54. The van der Waals surface area contributed by atoms with Crippen LogP contribution >= 0.6 is 0 Å². The predicted molar refractivity (Wildman–Crippen MR) is 173 cm³/mol. The molecule has 2 aliphatic heterocycles. The summed E-state index contributed by atoms with van der Waals surface area (Å²) in [6, 6.07) is -1.70. The molecule has 0 aromatic carbocycles. The third-order valence-corrected chi connectivity index (χ3v) is 9.98. The van der Waals surface area contributed by atoms with Crippen molar-refractivity contribution >= 4 is 5.91 Å². The number of nitrogens with one attached hydrogen (secondary N) is 1. The first-order chi connectivity index (χ1) is 23.1. The molecule has 17 heteroatoms. The van der Waals surface area contributed by atoms with E-state index in [1.165, 1.54) is 14.2 Å². The minimum Gasteiger partial charge on any atom is -0.382 e. The van der Waals surface area contributed by atoms with Gasteiger partial charge in [-0.3, -0.25) is 4.79 Å². The minimum absolute atomic E-state index is 0.200. The molecular weight excluding hydrogens is 634 g/mol. The number of hydrogen-bond donors (Lipinski definition) is 5. The van der Waals surface area contributed by atoms with Crippen molar-refractivity contribution < 1.29 is 56.9 Å². The molecule has 0 bridgehead atoms. The van der Waals surface area contributed by atoms with Gasteiger partial charge in [-0.1, -0.05) is 0 Å². The summed E-state index contributed by atoms with van der Waals surface area (Å²) in [5.74, 6) is -0.689. The van der Waals surface area contributed by atoms with E-state index in [1.54, 1.807) is 42.7 Å². The number of carbonyl (C=O) groups is 1. The summed E-state index contributed by atoms with van der Waals surface area (Å²) in [4.78, 5) is 13.4. The second-order valence-electron chi connectivity index (χ2n) is 12.5. The van der Waals surface area contributed by atoms with Crippen molar-refractivity contribution in [2.45, 2.75) is 111 Å². The quantitative estimate of drug-likeness (QED) is 0.0995. The van der Waals surface area contributed by atoms with Gasteiger partial charge in [0.2, 0.25) is 5.91 Å². The molecule has 9 N–H and O–H groups in total. The molecule has 48 heavy (non-hydrogen) atoms. The highest BCUT2D eigenvalue weighted by atomic mass is 16.7. The van der Waals surface area contributed by atoms with Crippen LogP contribution in [0.2, 0.25) is 0 Å². The lowest BCUT2D eigenvalue weighted by Gasteiger charge is -2.51. The van der Waals surface area contributed by atoms with Crippen LogP contribution in [0.4, 0.5) is 0 Å². The number of nitrogens with two attached hydrogens (primary N) is 4. The van der Waals surface area contributed by atoms with Gasteiger partial charge < -0.3 is 80.4 Å². The molecule has 17 nitrogen and oxygen atoms in total. The molecule has 0 unspecified atom stereocenters. The zero-order valence-corrected chi connectivity index (χ0v) is 29.7. The Morgan fingerprint density at radius 3 is 1.88 bits per heavy atom. The maximum Gasteiger partial charge on any atom is 0.249 e. The van der Waals surface area contributed by atoms with E-state index in [-0.39, 0.29) is 31.5 Å². The number of hydrogen-bond acceptors (Lipinski definition) is 16. The van der Waals surface area contributed by atoms with Crippen LogP contribution in [0.1, 0.15) is 19.3 Å². The summed E-state index contributed by atoms with van der Waals surface area (Å²) in [5.41, 5.74) is 25.4. The molecule has 2 heterocycles. The Morgan fingerprint density at radius 2 is 1.35 bits per heavy atom. The molecule has 282 valence electrons. The Morgan fingerprint density at radius 1 is 0.750 bits per heavy atom. The third kappa shape index (κ3) is 9.20. The Labute approximate surface area is 284 Å². The van der Waals surface area contributed by atoms with Crippen molar-refractivity contribution in [3.8, 4) is 0 Å². The van der Waals surface area contributed by atoms with E-state index in [1.807, 2.05) is 0 Å². The Bertz CT molecular complexity index is 942. The maximum absolute atomic E-state index is 13.4. The lowest BCUT2D eigenvalue weighted by molar-refractivity contribution is -0.312. The summed E-state index contributed by atoms with van der Waals surface area (Å²) in [6.07, 6.45) is -6.26. The lowest BCUT2D eigenvalue weighted by atomic mass is 9.73. The fourth-order valence-corrected chi connectivity index (χ4v) is 7.59. The van der Waals surface area contributed by atoms with Gasteiger partial charge in [0.05, 0.1) is 37.0 Å². The molecule has 0 spiro atoms. The zero-order valence-electron chi connectivity index (χ0n) is 29.7. The van der Waals surface area contributed by atoms with Crippen LogP contribution in [0.5, 0.6) is 0 Å². The highest BCUT2D eigenvalue weighted by Crippen LogP contribution is 2.38. The van der Waals surface area contributed by atoms with Crippen molar-refractivity contribution in [1.82, 2.24) is 5.32 Å². The lowest BCUT2D eigenvalue weighted by Crippen LogP contribution is -2.68. The number of carbonyl (C=O) groups excluding carboxylic acids is 1. The Kier molecular flexibility index (Phi) is 17.2. The molecule has 3 rings (SSSR count). The van der Waals surface area contributed by atoms with Crippen LogP contribution in [0.3, 0.4) is 0 Å². The van der Waals surface area contributed by atoms with E-state index in [0.29, 0.717) is 19.3 Å². The van der Waals surface area contributed by atoms with E-state index < -0.39 is 91.6 Å². The van der Waals surface area contributed by atoms with Gasteiger partial charge >= 0.3 is 0 Å². The van der Waals surface area contributed by atoms with Gasteiger partial charge in [0, 0.05) is 75.4 Å². The van der Waals surface area contributed by atoms with Crippen molar-refractivity contribution in [2.24, 2.45) is 28.9 Å². The summed E-state index contributed by atoms with van der Waals surface area (Å²) in [5, 5.41) is 3.09. The number of ether oxygens (including phenoxy) is 11. The van der Waals surface area contributed by atoms with Gasteiger partial charge in [0.1, 0.15) is 48.8 Å². The van der Waals surface area contributed by atoms with Crippen molar-refractivity contribution in [3.05, 3.63) is 0 Å². The summed E-state index contributed by atoms with van der Waals surface area (Å²) < 4.78 is 65.6. The topological polar surface area (TPSA) is 235 Å². The third-order valence-electron chi connectivity index (χ3n) is 9.98. The normalized spacial score (nSPS) is 41.2. The minimum atomic E-state index is -0.976. The molecule has 1 aliphatic carbocycles. The standard InChI is InChI=1S/C31H61N5O12/c1-38-14-21-25(41-4)22(35)28(44-7)31(47-21)48-24-17(36-30(37)18(39-2)9-10-32)12-16(34)15(23(24)40-3)11-19-26(42-5)29(45-8)27(43-6)20(13-33)46-19/h15-29,31H,9-14,32-35H2,1-8H3,(H,36,37)/t15-,16+,17-,18+,19-,20-,21-,22+,23+,24+,25-,26+,27-,28-,29-,31-/m1/s1. The first-order valence-electron chi connectivity index (χ1n) is 16.5. The Hall–Kier alpha value is -1.13. The fraction of sp³-hybridized carbons (Fsp3) is 0.968. The maximum atomic E-state index is 13.4. The van der Waals surface area contributed by atoms with Gasteiger partial charge in [-0.15, -0.1) is 0 Å². The average Bonchev–Trinajstić information content (AvgIpc) is 3.08. The van der Waals surface area contributed by atoms with Crippen LogP contribution in [0.25, 0.3) is 0 Å². The van der Waals surface area contributed by atoms with Gasteiger partial charge in [-0.25, -0.2) is 0 Å². The summed E-state index contributed by atoms with van der Waals surface area (Å²) >= 11 is 0. The van der Waals surface area contributed by atoms with Crippen molar-refractivity contribution in [3.63, 3.8) is 0 Å². The van der Waals surface area contributed by atoms with Gasteiger partial charge in [0.15, 0.2) is 6.29 Å². The first kappa shape index (κ1) is 41.3. The van der Waals surface area contributed by atoms with Gasteiger partial charge in [-0.05, 0) is 25.8 Å². The molecule has 3 fully saturated rings. The SMILES string of the molecule is COC[C@H]1O[C@H](O[C@@H]2[C@@H](OC)[C@H](C[C@H]3O[C@H](CN)[C@@H](OC)[C@H](OC)[C@H]3OC)[C@@H](N)C[C@H]2NC(=O)[C@H](CCN)OC)[C@H](OC)[C@@H](N)[C@@H]1OC. The van der Waals surface area contributed by atoms with Crippen molar-refractivity contribution in [1.29, 1.82) is 0 Å². The molecule has 1 amide bonds. The van der Waals surface area contributed by atoms with Crippen LogP contribution < -0.4 is 28.3 Å². The van der Waals surface area contributed by atoms with Crippen LogP contribution in [0.15, 0.2) is 0 Å². The fourth-order valence-electron chi connectivity index (χ4n) is 7.59. The van der Waals surface area contributed by atoms with Crippen LogP contribution in [0, 0.1) is 5.92 Å². The smallest absolute Gasteiger partial charge is 0.249 e. The second-order valence-corrected chi connectivity index (χ2v) is 12.5. The molecule has 3 aliphatic rings. The molecule has 0 aromatic heterocycles. The molecule has 0 radical (unpaired) electrons. The molecule has 0 aromatic rings. The average molecular weight is 696 g/mol. The monoisotopic (exact) mass is 695 g/mol. The van der Waals surface area contributed by atoms with Gasteiger partial charge in [0.25, 0.3) is 0 Å². The molecule has 1 saturated carbocycles. The van der Waals surface area contributed by atoms with E-state index in [2.05, 4.69) is 5.32 Å². The van der Waals surface area contributed by atoms with E-state index in [9.17, 15) is 4.79 Å². The van der Waals surface area contributed by atoms with Crippen LogP contribution in [-0.2, 0) is 56.9 Å². The number of methoxy groups -OCH3 is 8. The van der Waals surface area contributed by atoms with E-state index >= 15 is 0 Å². The van der Waals surface area contributed by atoms with E-state index in [4.69, 9.17) is 75.0 Å². The number of rotatable bonds is 18. The highest BCUT2D eigenvalue weighted by molar-refractivity contribution is 5.81. The second kappa shape index (κ2) is 20.0. The summed E-state index contributed by atoms with van der Waals surface area (Å²) in [6.45, 7) is 0.676. The molecular formula is C31H61N5O12. The zero-order chi connectivity index (χ0) is 35.5. The Balaban J connectivity index is 1.99. The molecule has 2 saturated heterocycles. The summed E-state index contributed by atoms with van der Waals surface area (Å²) in [7, 11) is 12.5.